The highest BCUT2D eigenvalue weighted by Gasteiger charge is 2.33. The summed E-state index contributed by atoms with van der Waals surface area (Å²) in [6, 6.07) is 9.43. The Labute approximate surface area is 199 Å². The van der Waals surface area contributed by atoms with Crippen molar-refractivity contribution < 1.29 is 23.9 Å². The lowest BCUT2D eigenvalue weighted by atomic mass is 10.1. The Balaban J connectivity index is 1.64. The first-order valence-corrected chi connectivity index (χ1v) is 11.2. The van der Waals surface area contributed by atoms with Gasteiger partial charge in [-0.1, -0.05) is 43.0 Å². The van der Waals surface area contributed by atoms with Gasteiger partial charge in [-0.2, -0.15) is 0 Å². The first-order chi connectivity index (χ1) is 16.3. The van der Waals surface area contributed by atoms with Gasteiger partial charge in [-0.3, -0.25) is 9.59 Å². The van der Waals surface area contributed by atoms with E-state index in [-0.39, 0.29) is 36.4 Å². The van der Waals surface area contributed by atoms with E-state index >= 15 is 0 Å². The van der Waals surface area contributed by atoms with Crippen molar-refractivity contribution in [1.82, 2.24) is 19.8 Å². The number of ether oxygens (including phenoxy) is 2. The molecule has 2 aromatic rings. The Morgan fingerprint density at radius 1 is 1.15 bits per heavy atom. The van der Waals surface area contributed by atoms with Crippen molar-refractivity contribution in [2.24, 2.45) is 0 Å². The summed E-state index contributed by atoms with van der Waals surface area (Å²) in [7, 11) is 0. The Bertz CT molecular complexity index is 1060. The number of rotatable bonds is 8. The van der Waals surface area contributed by atoms with Crippen LogP contribution in [0.5, 0.6) is 0 Å². The Hall–Kier alpha value is -3.59. The maximum absolute atomic E-state index is 13.3. The first kappa shape index (κ1) is 25.0. The number of nitrogens with zero attached hydrogens (tertiary/aromatic N) is 4. The maximum atomic E-state index is 13.3. The van der Waals surface area contributed by atoms with E-state index in [1.807, 2.05) is 37.3 Å². The average Bonchev–Trinajstić information content (AvgIpc) is 2.82. The zero-order valence-electron chi connectivity index (χ0n) is 19.8. The quantitative estimate of drug-likeness (QED) is 0.435. The van der Waals surface area contributed by atoms with Crippen molar-refractivity contribution in [2.75, 3.05) is 32.8 Å². The van der Waals surface area contributed by atoms with Gasteiger partial charge in [0, 0.05) is 25.7 Å². The third-order valence-electron chi connectivity index (χ3n) is 5.51. The zero-order chi connectivity index (χ0) is 24.7. The summed E-state index contributed by atoms with van der Waals surface area (Å²) in [4.78, 5) is 50.4. The molecule has 0 saturated carbocycles. The third kappa shape index (κ3) is 6.05. The number of aromatic nitrogens is 2. The van der Waals surface area contributed by atoms with Gasteiger partial charge in [0.2, 0.25) is 5.91 Å². The molecular weight excluding hydrogens is 436 g/mol. The molecule has 1 aliphatic heterocycles. The van der Waals surface area contributed by atoms with Crippen molar-refractivity contribution in [2.45, 2.75) is 33.4 Å². The van der Waals surface area contributed by atoms with Gasteiger partial charge in [-0.05, 0) is 26.3 Å². The minimum Gasteiger partial charge on any atom is -0.458 e. The van der Waals surface area contributed by atoms with Gasteiger partial charge in [-0.25, -0.2) is 14.8 Å². The molecule has 1 atom stereocenters. The highest BCUT2D eigenvalue weighted by atomic mass is 16.5. The van der Waals surface area contributed by atoms with Gasteiger partial charge >= 0.3 is 5.97 Å². The van der Waals surface area contributed by atoms with Crippen LogP contribution < -0.4 is 0 Å². The third-order valence-corrected chi connectivity index (χ3v) is 5.51. The number of esters is 1. The van der Waals surface area contributed by atoms with Crippen molar-refractivity contribution in [1.29, 1.82) is 0 Å². The number of carbonyl (C=O) groups excluding carboxylic acids is 3. The van der Waals surface area contributed by atoms with E-state index in [0.717, 1.165) is 5.56 Å². The SMILES string of the molecule is C=CCOC(=O)c1c(C)nc(C)nc1C(=O)N1CCN(C(=O)COCc2ccccc2)C(C)C1. The van der Waals surface area contributed by atoms with E-state index < -0.39 is 11.9 Å². The molecule has 1 aromatic carbocycles. The van der Waals surface area contributed by atoms with E-state index in [1.165, 1.54) is 6.08 Å². The predicted octanol–water partition coefficient (Wildman–Crippen LogP) is 2.33. The van der Waals surface area contributed by atoms with Crippen molar-refractivity contribution in [3.63, 3.8) is 0 Å². The molecule has 1 saturated heterocycles. The molecule has 1 unspecified atom stereocenters. The number of amides is 2. The topological polar surface area (TPSA) is 102 Å². The van der Waals surface area contributed by atoms with E-state index in [4.69, 9.17) is 9.47 Å². The van der Waals surface area contributed by atoms with Gasteiger partial charge < -0.3 is 19.3 Å². The zero-order valence-corrected chi connectivity index (χ0v) is 19.8. The normalized spacial score (nSPS) is 15.7. The number of benzene rings is 1. The second-order valence-corrected chi connectivity index (χ2v) is 8.13. The van der Waals surface area contributed by atoms with Crippen LogP contribution in [-0.2, 0) is 20.9 Å². The summed E-state index contributed by atoms with van der Waals surface area (Å²) in [5.41, 5.74) is 1.44. The standard InChI is InChI=1S/C25H30N4O5/c1-5-13-34-25(32)22-18(3)26-19(4)27-23(22)24(31)28-11-12-29(17(2)14-28)21(30)16-33-15-20-9-7-6-8-10-20/h5-10,17H,1,11-16H2,2-4H3. The molecule has 1 aromatic heterocycles. The van der Waals surface area contributed by atoms with Gasteiger partial charge in [0.05, 0.1) is 12.3 Å². The summed E-state index contributed by atoms with van der Waals surface area (Å²) < 4.78 is 10.7. The summed E-state index contributed by atoms with van der Waals surface area (Å²) in [6.45, 7) is 10.1. The number of hydrogen-bond acceptors (Lipinski definition) is 7. The molecule has 180 valence electrons. The fourth-order valence-corrected chi connectivity index (χ4v) is 3.89. The lowest BCUT2D eigenvalue weighted by Crippen LogP contribution is -2.56. The molecule has 3 rings (SSSR count). The summed E-state index contributed by atoms with van der Waals surface area (Å²) in [5, 5.41) is 0. The highest BCUT2D eigenvalue weighted by molar-refractivity contribution is 6.04. The molecule has 0 bridgehead atoms. The smallest absolute Gasteiger partial charge is 0.342 e. The fourth-order valence-electron chi connectivity index (χ4n) is 3.89. The van der Waals surface area contributed by atoms with Crippen LogP contribution in [0, 0.1) is 13.8 Å². The molecule has 34 heavy (non-hydrogen) atoms. The van der Waals surface area contributed by atoms with Crippen LogP contribution in [0.3, 0.4) is 0 Å². The number of hydrogen-bond donors (Lipinski definition) is 0. The Morgan fingerprint density at radius 2 is 1.88 bits per heavy atom. The molecule has 0 aliphatic carbocycles. The second-order valence-electron chi connectivity index (χ2n) is 8.13. The van der Waals surface area contributed by atoms with Crippen molar-refractivity contribution in [3.05, 3.63) is 71.3 Å². The Kier molecular flexibility index (Phi) is 8.48. The van der Waals surface area contributed by atoms with Gasteiger partial charge in [-0.15, -0.1) is 0 Å². The second kappa shape index (κ2) is 11.5. The van der Waals surface area contributed by atoms with Crippen molar-refractivity contribution >= 4 is 17.8 Å². The molecular formula is C25H30N4O5. The lowest BCUT2D eigenvalue weighted by molar-refractivity contribution is -0.140. The molecule has 9 heteroatoms. The van der Waals surface area contributed by atoms with E-state index in [9.17, 15) is 14.4 Å². The fraction of sp³-hybridized carbons (Fsp3) is 0.400. The van der Waals surface area contributed by atoms with Crippen LogP contribution in [0.15, 0.2) is 43.0 Å². The van der Waals surface area contributed by atoms with Crippen LogP contribution in [0.4, 0.5) is 0 Å². The average molecular weight is 467 g/mol. The molecule has 0 N–H and O–H groups in total. The minimum absolute atomic E-state index is 0.0113. The van der Waals surface area contributed by atoms with Gasteiger partial charge in [0.15, 0.2) is 0 Å². The van der Waals surface area contributed by atoms with Gasteiger partial charge in [0.1, 0.15) is 30.3 Å². The maximum Gasteiger partial charge on any atom is 0.342 e. The van der Waals surface area contributed by atoms with Crippen LogP contribution in [0.2, 0.25) is 0 Å². The van der Waals surface area contributed by atoms with Crippen LogP contribution >= 0.6 is 0 Å². The van der Waals surface area contributed by atoms with E-state index in [2.05, 4.69) is 16.5 Å². The first-order valence-electron chi connectivity index (χ1n) is 11.2. The number of aryl methyl sites for hydroxylation is 2. The molecule has 2 amide bonds. The molecule has 2 heterocycles. The molecule has 1 aliphatic rings. The van der Waals surface area contributed by atoms with Crippen LogP contribution in [0.25, 0.3) is 0 Å². The van der Waals surface area contributed by atoms with Crippen LogP contribution in [0.1, 0.15) is 44.9 Å². The number of carbonyl (C=O) groups is 3. The summed E-state index contributed by atoms with van der Waals surface area (Å²) in [5.74, 6) is -0.798. The monoisotopic (exact) mass is 466 g/mol. The van der Waals surface area contributed by atoms with Crippen molar-refractivity contribution in [3.8, 4) is 0 Å². The lowest BCUT2D eigenvalue weighted by Gasteiger charge is -2.39. The van der Waals surface area contributed by atoms with Crippen LogP contribution in [-0.4, -0.2) is 76.4 Å². The van der Waals surface area contributed by atoms with E-state index in [0.29, 0.717) is 37.8 Å². The highest BCUT2D eigenvalue weighted by Crippen LogP contribution is 2.18. The molecule has 1 fully saturated rings. The molecule has 0 radical (unpaired) electrons. The Morgan fingerprint density at radius 3 is 2.56 bits per heavy atom. The predicted molar refractivity (Wildman–Crippen MR) is 125 cm³/mol. The summed E-state index contributed by atoms with van der Waals surface area (Å²) in [6.07, 6.45) is 1.45. The molecule has 9 nitrogen and oxygen atoms in total. The largest absolute Gasteiger partial charge is 0.458 e. The summed E-state index contributed by atoms with van der Waals surface area (Å²) >= 11 is 0. The minimum atomic E-state index is -0.668. The van der Waals surface area contributed by atoms with E-state index in [1.54, 1.807) is 23.6 Å². The molecule has 0 spiro atoms. The van der Waals surface area contributed by atoms with Gasteiger partial charge in [0.25, 0.3) is 5.91 Å². The number of piperazine rings is 1.